The Labute approximate surface area is 192 Å². The fraction of sp³-hybridized carbons (Fsp3) is 0.136. The summed E-state index contributed by atoms with van der Waals surface area (Å²) in [6.07, 6.45) is 1.69. The summed E-state index contributed by atoms with van der Waals surface area (Å²) >= 11 is 0. The van der Waals surface area contributed by atoms with Crippen molar-refractivity contribution >= 4 is 27.0 Å². The topological polar surface area (TPSA) is 126 Å². The van der Waals surface area contributed by atoms with Crippen LogP contribution in [0.1, 0.15) is 11.3 Å². The van der Waals surface area contributed by atoms with Crippen LogP contribution in [-0.2, 0) is 23.6 Å². The lowest BCUT2D eigenvalue weighted by atomic mass is 10.2. The SMILES string of the molecule is Cc1cn2c3c(=O)n(Cc4ccccc4F)c(=O)n(C)c3nc2n1-c1ccc(S(N)(=O)=O)cc1. The maximum atomic E-state index is 14.2. The molecular formula is C22H19FN6O4S. The van der Waals surface area contributed by atoms with Crippen molar-refractivity contribution in [2.75, 3.05) is 0 Å². The number of nitrogens with two attached hydrogens (primary N) is 1. The van der Waals surface area contributed by atoms with Crippen molar-refractivity contribution in [3.05, 3.63) is 92.6 Å². The monoisotopic (exact) mass is 482 g/mol. The number of rotatable bonds is 4. The number of imidazole rings is 2. The molecule has 2 aromatic carbocycles. The lowest BCUT2D eigenvalue weighted by Gasteiger charge is -2.09. The Kier molecular flexibility index (Phi) is 4.81. The van der Waals surface area contributed by atoms with E-state index >= 15 is 0 Å². The third-order valence-corrected chi connectivity index (χ3v) is 6.66. The van der Waals surface area contributed by atoms with Gasteiger partial charge in [0.05, 0.1) is 11.4 Å². The number of fused-ring (bicyclic) bond motifs is 3. The van der Waals surface area contributed by atoms with E-state index in [9.17, 15) is 22.4 Å². The van der Waals surface area contributed by atoms with Gasteiger partial charge in [-0.1, -0.05) is 18.2 Å². The molecule has 5 rings (SSSR count). The third-order valence-electron chi connectivity index (χ3n) is 5.74. The molecule has 0 aliphatic rings. The molecule has 3 aromatic heterocycles. The van der Waals surface area contributed by atoms with E-state index in [-0.39, 0.29) is 28.2 Å². The number of nitrogens with zero attached hydrogens (tertiary/aromatic N) is 5. The van der Waals surface area contributed by atoms with E-state index in [0.29, 0.717) is 17.2 Å². The summed E-state index contributed by atoms with van der Waals surface area (Å²) in [7, 11) is -2.36. The van der Waals surface area contributed by atoms with Gasteiger partial charge in [-0.25, -0.2) is 22.7 Å². The van der Waals surface area contributed by atoms with Gasteiger partial charge >= 0.3 is 5.69 Å². The molecule has 0 aliphatic carbocycles. The average molecular weight is 482 g/mol. The molecule has 0 radical (unpaired) electrons. The molecule has 0 spiro atoms. The van der Waals surface area contributed by atoms with Crippen LogP contribution in [0.3, 0.4) is 0 Å². The van der Waals surface area contributed by atoms with Crippen molar-refractivity contribution in [1.82, 2.24) is 23.1 Å². The van der Waals surface area contributed by atoms with Crippen LogP contribution in [0.2, 0.25) is 0 Å². The summed E-state index contributed by atoms with van der Waals surface area (Å²) in [4.78, 5) is 30.8. The van der Waals surface area contributed by atoms with Gasteiger partial charge in [-0.3, -0.25) is 22.9 Å². The number of aryl methyl sites for hydroxylation is 2. The van der Waals surface area contributed by atoms with Crippen molar-refractivity contribution in [3.8, 4) is 5.69 Å². The Hall–Kier alpha value is -4.03. The molecule has 0 atom stereocenters. The summed E-state index contributed by atoms with van der Waals surface area (Å²) in [6, 6.07) is 11.8. The minimum Gasteiger partial charge on any atom is -0.283 e. The average Bonchev–Trinajstić information content (AvgIpc) is 3.30. The Balaban J connectivity index is 1.75. The minimum absolute atomic E-state index is 0.0380. The number of primary sulfonamides is 1. The number of aromatic nitrogens is 5. The minimum atomic E-state index is -3.85. The second kappa shape index (κ2) is 7.50. The summed E-state index contributed by atoms with van der Waals surface area (Å²) in [6.45, 7) is 1.57. The van der Waals surface area contributed by atoms with Crippen molar-refractivity contribution in [2.45, 2.75) is 18.4 Å². The van der Waals surface area contributed by atoms with Gasteiger partial charge in [-0.15, -0.1) is 0 Å². The fourth-order valence-corrected chi connectivity index (χ4v) is 4.57. The van der Waals surface area contributed by atoms with Gasteiger partial charge in [0, 0.05) is 30.2 Å². The van der Waals surface area contributed by atoms with E-state index < -0.39 is 27.1 Å². The van der Waals surface area contributed by atoms with Crippen molar-refractivity contribution in [3.63, 3.8) is 0 Å². The second-order valence-electron chi connectivity index (χ2n) is 7.92. The Morgan fingerprint density at radius 2 is 1.74 bits per heavy atom. The van der Waals surface area contributed by atoms with Crippen molar-refractivity contribution < 1.29 is 12.8 Å². The molecule has 0 aliphatic heterocycles. The highest BCUT2D eigenvalue weighted by molar-refractivity contribution is 7.89. The molecule has 0 fully saturated rings. The molecule has 0 unspecified atom stereocenters. The van der Waals surface area contributed by atoms with Crippen LogP contribution in [-0.4, -0.2) is 31.5 Å². The van der Waals surface area contributed by atoms with Crippen LogP contribution in [0.15, 0.2) is 69.2 Å². The molecule has 0 amide bonds. The highest BCUT2D eigenvalue weighted by Gasteiger charge is 2.21. The van der Waals surface area contributed by atoms with E-state index in [1.807, 2.05) is 0 Å². The number of hydrogen-bond acceptors (Lipinski definition) is 5. The summed E-state index contributed by atoms with van der Waals surface area (Å²) in [5.74, 6) is -0.161. The molecule has 10 nitrogen and oxygen atoms in total. The highest BCUT2D eigenvalue weighted by atomic mass is 32.2. The second-order valence-corrected chi connectivity index (χ2v) is 9.48. The van der Waals surface area contributed by atoms with Crippen LogP contribution in [0, 0.1) is 12.7 Å². The maximum absolute atomic E-state index is 14.2. The largest absolute Gasteiger partial charge is 0.332 e. The van der Waals surface area contributed by atoms with Crippen LogP contribution in [0.25, 0.3) is 22.6 Å². The molecule has 34 heavy (non-hydrogen) atoms. The number of benzene rings is 2. The first-order chi connectivity index (χ1) is 16.1. The number of sulfonamides is 1. The molecule has 0 bridgehead atoms. The van der Waals surface area contributed by atoms with E-state index in [2.05, 4.69) is 4.98 Å². The first-order valence-corrected chi connectivity index (χ1v) is 11.7. The fourth-order valence-electron chi connectivity index (χ4n) is 4.05. The predicted octanol–water partition coefficient (Wildman–Crippen LogP) is 1.28. The van der Waals surface area contributed by atoms with E-state index in [1.165, 1.54) is 41.9 Å². The molecule has 3 heterocycles. The lowest BCUT2D eigenvalue weighted by Crippen LogP contribution is -2.39. The molecule has 5 aromatic rings. The molecule has 0 saturated carbocycles. The zero-order chi connectivity index (χ0) is 24.4. The standard InChI is InChI=1S/C22H19FN6O4S/c1-13-11-27-18-19(25-21(27)29(13)15-7-9-16(10-8-15)34(24,32)33)26(2)22(31)28(20(18)30)12-14-5-3-4-6-17(14)23/h3-11H,12H2,1-2H3,(H2,24,32,33). The Morgan fingerprint density at radius 1 is 1.06 bits per heavy atom. The third kappa shape index (κ3) is 3.26. The van der Waals surface area contributed by atoms with Gasteiger partial charge in [-0.2, -0.15) is 4.98 Å². The smallest absolute Gasteiger partial charge is 0.283 e. The summed E-state index contributed by atoms with van der Waals surface area (Å²) < 4.78 is 42.9. The van der Waals surface area contributed by atoms with Crippen LogP contribution in [0.5, 0.6) is 0 Å². The first-order valence-electron chi connectivity index (χ1n) is 10.1. The Bertz CT molecular complexity index is 1830. The quantitative estimate of drug-likeness (QED) is 0.413. The van der Waals surface area contributed by atoms with Crippen LogP contribution in [0.4, 0.5) is 4.39 Å². The van der Waals surface area contributed by atoms with E-state index in [0.717, 1.165) is 4.57 Å². The van der Waals surface area contributed by atoms with E-state index in [1.54, 1.807) is 40.3 Å². The maximum Gasteiger partial charge on any atom is 0.332 e. The lowest BCUT2D eigenvalue weighted by molar-refractivity contribution is 0.582. The molecule has 0 saturated heterocycles. The summed E-state index contributed by atoms with van der Waals surface area (Å²) in [5, 5.41) is 5.18. The van der Waals surface area contributed by atoms with Crippen LogP contribution >= 0.6 is 0 Å². The Morgan fingerprint density at radius 3 is 2.38 bits per heavy atom. The number of hydrogen-bond donors (Lipinski definition) is 1. The molecule has 2 N–H and O–H groups in total. The predicted molar refractivity (Wildman–Crippen MR) is 123 cm³/mol. The van der Waals surface area contributed by atoms with Crippen molar-refractivity contribution in [1.29, 1.82) is 0 Å². The zero-order valence-electron chi connectivity index (χ0n) is 18.1. The van der Waals surface area contributed by atoms with Gasteiger partial charge < -0.3 is 0 Å². The molecule has 174 valence electrons. The van der Waals surface area contributed by atoms with Crippen molar-refractivity contribution in [2.24, 2.45) is 12.2 Å². The van der Waals surface area contributed by atoms with Gasteiger partial charge in [0.15, 0.2) is 11.2 Å². The van der Waals surface area contributed by atoms with Gasteiger partial charge in [0.25, 0.3) is 5.56 Å². The van der Waals surface area contributed by atoms with Crippen LogP contribution < -0.4 is 16.4 Å². The van der Waals surface area contributed by atoms with E-state index in [4.69, 9.17) is 5.14 Å². The molecule has 12 heteroatoms. The first kappa shape index (κ1) is 21.8. The zero-order valence-corrected chi connectivity index (χ0v) is 19.0. The molecular weight excluding hydrogens is 463 g/mol. The number of halogens is 1. The van der Waals surface area contributed by atoms with Gasteiger partial charge in [-0.05, 0) is 37.3 Å². The van der Waals surface area contributed by atoms with Gasteiger partial charge in [0.2, 0.25) is 15.8 Å². The highest BCUT2D eigenvalue weighted by Crippen LogP contribution is 2.22. The normalized spacial score (nSPS) is 12.1. The summed E-state index contributed by atoms with van der Waals surface area (Å²) in [5.41, 5.74) is 0.623. The van der Waals surface area contributed by atoms with Gasteiger partial charge in [0.1, 0.15) is 5.82 Å².